The number of hydrogen-bond donors (Lipinski definition) is 2. The topological polar surface area (TPSA) is 72.4 Å². The minimum absolute atomic E-state index is 0. The van der Waals surface area contributed by atoms with Gasteiger partial charge in [0.05, 0.1) is 0 Å². The summed E-state index contributed by atoms with van der Waals surface area (Å²) < 4.78 is 0. The van der Waals surface area contributed by atoms with Crippen molar-refractivity contribution < 1.29 is 0 Å². The Morgan fingerprint density at radius 3 is 2.57 bits per heavy atom. The molecule has 2 N–H and O–H groups in total. The first-order valence-electron chi connectivity index (χ1n) is 10.4. The molecule has 1 aliphatic heterocycles. The third kappa shape index (κ3) is 4.85. The van der Waals surface area contributed by atoms with Crippen molar-refractivity contribution in [3.63, 3.8) is 0 Å². The standard InChI is InChI=1S/C22H29N7.HI/c1-3-17-6-4-7-19-18(16-27-20(17)19)8-11-26-21(23-2)28-12-14-29(15-13-28)22-24-9-5-10-25-22;/h4-7,9-10,16,27H,3,8,11-15H2,1-2H3,(H,23,26);1H. The van der Waals surface area contributed by atoms with Gasteiger partial charge in [0.15, 0.2) is 5.96 Å². The van der Waals surface area contributed by atoms with E-state index < -0.39 is 0 Å². The van der Waals surface area contributed by atoms with Crippen molar-refractivity contribution in [3.05, 3.63) is 54.0 Å². The number of anilines is 1. The van der Waals surface area contributed by atoms with Gasteiger partial charge < -0.3 is 20.1 Å². The fraction of sp³-hybridized carbons (Fsp3) is 0.409. The number of guanidine groups is 1. The number of para-hydroxylation sites is 1. The molecule has 0 saturated carbocycles. The number of fused-ring (bicyclic) bond motifs is 1. The van der Waals surface area contributed by atoms with Crippen LogP contribution in [0.3, 0.4) is 0 Å². The Labute approximate surface area is 195 Å². The summed E-state index contributed by atoms with van der Waals surface area (Å²) in [5, 5.41) is 4.87. The monoisotopic (exact) mass is 519 g/mol. The Kier molecular flexibility index (Phi) is 7.89. The second kappa shape index (κ2) is 10.6. The number of halogens is 1. The largest absolute Gasteiger partial charge is 0.361 e. The summed E-state index contributed by atoms with van der Waals surface area (Å²) in [6, 6.07) is 8.41. The normalized spacial score (nSPS) is 14.7. The summed E-state index contributed by atoms with van der Waals surface area (Å²) in [7, 11) is 1.86. The lowest BCUT2D eigenvalue weighted by atomic mass is 10.1. The van der Waals surface area contributed by atoms with Crippen molar-refractivity contribution in [1.29, 1.82) is 0 Å². The molecule has 0 unspecified atom stereocenters. The van der Waals surface area contributed by atoms with Gasteiger partial charge in [-0.1, -0.05) is 25.1 Å². The van der Waals surface area contributed by atoms with Crippen LogP contribution in [0.5, 0.6) is 0 Å². The fourth-order valence-electron chi connectivity index (χ4n) is 3.99. The smallest absolute Gasteiger partial charge is 0.225 e. The predicted molar refractivity (Wildman–Crippen MR) is 134 cm³/mol. The molecule has 3 aromatic rings. The van der Waals surface area contributed by atoms with Gasteiger partial charge in [-0.2, -0.15) is 0 Å². The fourth-order valence-corrected chi connectivity index (χ4v) is 3.99. The zero-order valence-electron chi connectivity index (χ0n) is 17.6. The molecule has 0 spiro atoms. The van der Waals surface area contributed by atoms with Crippen LogP contribution in [0.15, 0.2) is 47.8 Å². The van der Waals surface area contributed by atoms with Crippen LogP contribution in [0.4, 0.5) is 5.95 Å². The second-order valence-electron chi connectivity index (χ2n) is 7.25. The SMILES string of the molecule is CCc1cccc2c(CCNC(=NC)N3CCN(c4ncccn4)CC3)c[nH]c12.I. The maximum absolute atomic E-state index is 4.49. The number of aromatic nitrogens is 3. The molecule has 0 aliphatic carbocycles. The molecule has 0 bridgehead atoms. The number of benzene rings is 1. The lowest BCUT2D eigenvalue weighted by Crippen LogP contribution is -2.53. The van der Waals surface area contributed by atoms with Gasteiger partial charge in [-0.05, 0) is 30.0 Å². The molecule has 2 aromatic heterocycles. The average molecular weight is 519 g/mol. The minimum atomic E-state index is 0. The summed E-state index contributed by atoms with van der Waals surface area (Å²) in [6.45, 7) is 6.66. The number of aromatic amines is 1. The van der Waals surface area contributed by atoms with Crippen LogP contribution in [-0.2, 0) is 12.8 Å². The summed E-state index contributed by atoms with van der Waals surface area (Å²) in [4.78, 5) is 21.2. The van der Waals surface area contributed by atoms with Gasteiger partial charge in [-0.15, -0.1) is 24.0 Å². The highest BCUT2D eigenvalue weighted by atomic mass is 127. The molecule has 8 heteroatoms. The third-order valence-electron chi connectivity index (χ3n) is 5.57. The Balaban J connectivity index is 0.00000256. The third-order valence-corrected chi connectivity index (χ3v) is 5.57. The van der Waals surface area contributed by atoms with Gasteiger partial charge in [0.2, 0.25) is 5.95 Å². The van der Waals surface area contributed by atoms with Gasteiger partial charge in [-0.25, -0.2) is 9.97 Å². The van der Waals surface area contributed by atoms with E-state index in [1.54, 1.807) is 12.4 Å². The zero-order valence-corrected chi connectivity index (χ0v) is 20.0. The van der Waals surface area contributed by atoms with Crippen LogP contribution in [-0.4, -0.2) is 65.6 Å². The Morgan fingerprint density at radius 1 is 1.10 bits per heavy atom. The van der Waals surface area contributed by atoms with E-state index in [2.05, 4.69) is 66.4 Å². The number of rotatable bonds is 5. The van der Waals surface area contributed by atoms with E-state index in [1.165, 1.54) is 22.0 Å². The van der Waals surface area contributed by atoms with Gasteiger partial charge in [-0.3, -0.25) is 4.99 Å². The van der Waals surface area contributed by atoms with E-state index in [-0.39, 0.29) is 24.0 Å². The second-order valence-corrected chi connectivity index (χ2v) is 7.25. The van der Waals surface area contributed by atoms with Crippen molar-refractivity contribution in [2.45, 2.75) is 19.8 Å². The van der Waals surface area contributed by atoms with Crippen molar-refractivity contribution in [2.75, 3.05) is 44.7 Å². The molecule has 7 nitrogen and oxygen atoms in total. The van der Waals surface area contributed by atoms with Crippen LogP contribution in [0.1, 0.15) is 18.1 Å². The molecule has 1 saturated heterocycles. The summed E-state index contributed by atoms with van der Waals surface area (Å²) >= 11 is 0. The maximum atomic E-state index is 4.49. The highest BCUT2D eigenvalue weighted by molar-refractivity contribution is 14.0. The molecule has 1 fully saturated rings. The minimum Gasteiger partial charge on any atom is -0.361 e. The van der Waals surface area contributed by atoms with Crippen LogP contribution >= 0.6 is 24.0 Å². The first-order valence-corrected chi connectivity index (χ1v) is 10.4. The summed E-state index contributed by atoms with van der Waals surface area (Å²) in [5.74, 6) is 1.77. The first kappa shape index (κ1) is 22.3. The highest BCUT2D eigenvalue weighted by Gasteiger charge is 2.21. The predicted octanol–water partition coefficient (Wildman–Crippen LogP) is 3.08. The van der Waals surface area contributed by atoms with Crippen molar-refractivity contribution >= 4 is 46.8 Å². The Morgan fingerprint density at radius 2 is 1.87 bits per heavy atom. The number of hydrogen-bond acceptors (Lipinski definition) is 4. The molecule has 3 heterocycles. The van der Waals surface area contributed by atoms with Gasteiger partial charge in [0, 0.05) is 69.3 Å². The van der Waals surface area contributed by atoms with Gasteiger partial charge in [0.25, 0.3) is 0 Å². The van der Waals surface area contributed by atoms with E-state index in [1.807, 2.05) is 13.1 Å². The number of nitrogens with one attached hydrogen (secondary N) is 2. The lowest BCUT2D eigenvalue weighted by Gasteiger charge is -2.36. The quantitative estimate of drug-likeness (QED) is 0.308. The Hall–Kier alpha value is -2.36. The van der Waals surface area contributed by atoms with E-state index in [4.69, 9.17) is 0 Å². The molecule has 1 aliphatic rings. The molecular weight excluding hydrogens is 489 g/mol. The van der Waals surface area contributed by atoms with E-state index in [0.717, 1.165) is 57.5 Å². The molecular formula is C22H30IN7. The molecule has 1 aromatic carbocycles. The van der Waals surface area contributed by atoms with Crippen LogP contribution in [0.2, 0.25) is 0 Å². The molecule has 0 radical (unpaired) electrons. The molecule has 0 amide bonds. The van der Waals surface area contributed by atoms with Crippen LogP contribution < -0.4 is 10.2 Å². The van der Waals surface area contributed by atoms with Crippen molar-refractivity contribution in [1.82, 2.24) is 25.2 Å². The van der Waals surface area contributed by atoms with Crippen LogP contribution in [0.25, 0.3) is 10.9 Å². The highest BCUT2D eigenvalue weighted by Crippen LogP contribution is 2.22. The van der Waals surface area contributed by atoms with Crippen molar-refractivity contribution in [3.8, 4) is 0 Å². The number of aryl methyl sites for hydroxylation is 1. The van der Waals surface area contributed by atoms with Gasteiger partial charge >= 0.3 is 0 Å². The summed E-state index contributed by atoms with van der Waals surface area (Å²) in [5.41, 5.74) is 4.00. The average Bonchev–Trinajstić information content (AvgIpc) is 3.21. The first-order chi connectivity index (χ1) is 14.3. The molecule has 30 heavy (non-hydrogen) atoms. The van der Waals surface area contributed by atoms with E-state index in [0.29, 0.717) is 0 Å². The van der Waals surface area contributed by atoms with Crippen molar-refractivity contribution in [2.24, 2.45) is 4.99 Å². The van der Waals surface area contributed by atoms with Crippen LogP contribution in [0, 0.1) is 0 Å². The molecule has 4 rings (SSSR count). The number of H-pyrrole nitrogens is 1. The van der Waals surface area contributed by atoms with Gasteiger partial charge in [0.1, 0.15) is 0 Å². The number of piperazine rings is 1. The maximum Gasteiger partial charge on any atom is 0.225 e. The van der Waals surface area contributed by atoms with E-state index >= 15 is 0 Å². The van der Waals surface area contributed by atoms with E-state index in [9.17, 15) is 0 Å². The number of nitrogens with zero attached hydrogens (tertiary/aromatic N) is 5. The number of aliphatic imine (C=N–C) groups is 1. The zero-order chi connectivity index (χ0) is 20.1. The molecule has 160 valence electrons. The molecule has 0 atom stereocenters. The summed E-state index contributed by atoms with van der Waals surface area (Å²) in [6.07, 6.45) is 7.74. The lowest BCUT2D eigenvalue weighted by molar-refractivity contribution is 0.370. The Bertz CT molecular complexity index is 962.